The normalized spacial score (nSPS) is 15.0. The number of benzene rings is 1. The van der Waals surface area contributed by atoms with Crippen LogP contribution in [0.4, 0.5) is 0 Å². The van der Waals surface area contributed by atoms with Crippen LogP contribution in [0.3, 0.4) is 0 Å². The Morgan fingerprint density at radius 1 is 1.03 bits per heavy atom. The Morgan fingerprint density at radius 2 is 1.68 bits per heavy atom. The van der Waals surface area contributed by atoms with Crippen LogP contribution in [-0.2, 0) is 27.2 Å². The van der Waals surface area contributed by atoms with Crippen molar-refractivity contribution in [3.05, 3.63) is 33.9 Å². The number of carboxylic acid groups (broad SMARTS) is 1. The van der Waals surface area contributed by atoms with Crippen LogP contribution in [-0.4, -0.2) is 23.1 Å². The van der Waals surface area contributed by atoms with Gasteiger partial charge in [-0.15, -0.1) is 0 Å². The summed E-state index contributed by atoms with van der Waals surface area (Å²) in [5, 5.41) is 9.21. The lowest BCUT2D eigenvalue weighted by atomic mass is 9.86. The van der Waals surface area contributed by atoms with Gasteiger partial charge in [-0.25, -0.2) is 0 Å². The van der Waals surface area contributed by atoms with Crippen molar-refractivity contribution < 1.29 is 19.4 Å². The zero-order chi connectivity index (χ0) is 23.1. The molecule has 4 heteroatoms. The Balaban J connectivity index is 1.77. The van der Waals surface area contributed by atoms with E-state index in [2.05, 4.69) is 26.8 Å². The van der Waals surface area contributed by atoms with E-state index in [9.17, 15) is 14.7 Å². The summed E-state index contributed by atoms with van der Waals surface area (Å²) in [7, 11) is 0. The zero-order valence-corrected chi connectivity index (χ0v) is 20.3. The molecule has 0 unspecified atom stereocenters. The Morgan fingerprint density at radius 3 is 2.29 bits per heavy atom. The molecule has 1 N–H and O–H groups in total. The van der Waals surface area contributed by atoms with Crippen LogP contribution < -0.4 is 0 Å². The number of carbonyl (C=O) groups is 2. The maximum atomic E-state index is 11.2. The van der Waals surface area contributed by atoms with Crippen molar-refractivity contribution in [2.45, 2.75) is 117 Å². The summed E-state index contributed by atoms with van der Waals surface area (Å²) in [5.74, 6) is -0.699. The minimum Gasteiger partial charge on any atom is -0.481 e. The Hall–Kier alpha value is -1.84. The van der Waals surface area contributed by atoms with E-state index in [1.165, 1.54) is 27.8 Å². The van der Waals surface area contributed by atoms with Gasteiger partial charge in [0.2, 0.25) is 0 Å². The molecule has 0 atom stereocenters. The van der Waals surface area contributed by atoms with Gasteiger partial charge < -0.3 is 9.84 Å². The predicted molar refractivity (Wildman–Crippen MR) is 126 cm³/mol. The van der Waals surface area contributed by atoms with Crippen molar-refractivity contribution in [2.75, 3.05) is 0 Å². The maximum absolute atomic E-state index is 11.2. The first-order valence-electron chi connectivity index (χ1n) is 12.1. The largest absolute Gasteiger partial charge is 0.481 e. The molecule has 1 aromatic rings. The molecule has 0 aliphatic heterocycles. The van der Waals surface area contributed by atoms with E-state index in [0.717, 1.165) is 77.0 Å². The van der Waals surface area contributed by atoms with Gasteiger partial charge in [-0.1, -0.05) is 25.3 Å². The summed E-state index contributed by atoms with van der Waals surface area (Å²) in [6.07, 6.45) is 12.6. The minimum absolute atomic E-state index is 0.130. The quantitative estimate of drug-likeness (QED) is 0.250. The number of hydrogen-bond donors (Lipinski definition) is 1. The average molecular weight is 431 g/mol. The molecule has 0 heterocycles. The van der Waals surface area contributed by atoms with Gasteiger partial charge in [0.1, 0.15) is 5.60 Å². The standard InChI is InChI=1S/C27H42O4/c1-20-18-23(12-8-6-7-10-14-26(4,5)25(29)30)21(2)22(3)24(20)13-9-11-15-27(16-17-27)31-19-28/h18-19H,6-17H2,1-5H3,(H,29,30). The van der Waals surface area contributed by atoms with Crippen molar-refractivity contribution in [3.63, 3.8) is 0 Å². The number of ether oxygens (including phenoxy) is 1. The van der Waals surface area contributed by atoms with E-state index < -0.39 is 11.4 Å². The van der Waals surface area contributed by atoms with E-state index in [1.54, 1.807) is 0 Å². The third-order valence-corrected chi connectivity index (χ3v) is 7.36. The fourth-order valence-electron chi connectivity index (χ4n) is 4.62. The molecule has 4 nitrogen and oxygen atoms in total. The van der Waals surface area contributed by atoms with Crippen molar-refractivity contribution >= 4 is 12.4 Å². The lowest BCUT2D eigenvalue weighted by Crippen LogP contribution is -2.23. The molecule has 0 amide bonds. The highest BCUT2D eigenvalue weighted by Crippen LogP contribution is 2.43. The Bertz CT molecular complexity index is 759. The van der Waals surface area contributed by atoms with Crippen LogP contribution in [0.2, 0.25) is 0 Å². The smallest absolute Gasteiger partial charge is 0.309 e. The SMILES string of the molecule is Cc1cc(CCCCCCC(C)(C)C(=O)O)c(C)c(C)c1CCCCC1(OC=O)CC1. The lowest BCUT2D eigenvalue weighted by Gasteiger charge is -2.19. The van der Waals surface area contributed by atoms with Crippen LogP contribution in [0.1, 0.15) is 106 Å². The molecule has 31 heavy (non-hydrogen) atoms. The van der Waals surface area contributed by atoms with Crippen LogP contribution in [0, 0.1) is 26.2 Å². The van der Waals surface area contributed by atoms with Crippen molar-refractivity contribution in [2.24, 2.45) is 5.41 Å². The van der Waals surface area contributed by atoms with Crippen molar-refractivity contribution in [3.8, 4) is 0 Å². The van der Waals surface area contributed by atoms with Gasteiger partial charge in [0, 0.05) is 0 Å². The van der Waals surface area contributed by atoms with Crippen molar-refractivity contribution in [1.82, 2.24) is 0 Å². The van der Waals surface area contributed by atoms with E-state index in [1.807, 2.05) is 13.8 Å². The Kier molecular flexibility index (Phi) is 9.14. The van der Waals surface area contributed by atoms with E-state index >= 15 is 0 Å². The number of hydrogen-bond acceptors (Lipinski definition) is 3. The topological polar surface area (TPSA) is 63.6 Å². The molecule has 174 valence electrons. The summed E-state index contributed by atoms with van der Waals surface area (Å²) >= 11 is 0. The van der Waals surface area contributed by atoms with E-state index in [0.29, 0.717) is 6.47 Å². The molecule has 0 radical (unpaired) electrons. The van der Waals surface area contributed by atoms with Crippen molar-refractivity contribution in [1.29, 1.82) is 0 Å². The molecule has 0 spiro atoms. The first kappa shape index (κ1) is 25.4. The average Bonchev–Trinajstić information content (AvgIpc) is 3.47. The zero-order valence-electron chi connectivity index (χ0n) is 20.3. The highest BCUT2D eigenvalue weighted by Gasteiger charge is 2.44. The molecule has 2 rings (SSSR count). The van der Waals surface area contributed by atoms with Gasteiger partial charge in [-0.05, 0) is 120 Å². The molecule has 1 aliphatic rings. The summed E-state index contributed by atoms with van der Waals surface area (Å²) < 4.78 is 5.26. The van der Waals surface area contributed by atoms with Gasteiger partial charge in [0.25, 0.3) is 6.47 Å². The molecular formula is C27H42O4. The number of rotatable bonds is 15. The van der Waals surface area contributed by atoms with E-state index in [4.69, 9.17) is 4.74 Å². The van der Waals surface area contributed by atoms with Crippen LogP contribution in [0.25, 0.3) is 0 Å². The number of carboxylic acids is 1. The number of aryl methyl sites for hydroxylation is 2. The second-order valence-electron chi connectivity index (χ2n) is 10.3. The highest BCUT2D eigenvalue weighted by molar-refractivity contribution is 5.73. The van der Waals surface area contributed by atoms with Gasteiger partial charge in [0.05, 0.1) is 5.41 Å². The molecule has 0 bridgehead atoms. The lowest BCUT2D eigenvalue weighted by molar-refractivity contribution is -0.147. The van der Waals surface area contributed by atoms with Gasteiger partial charge in [-0.3, -0.25) is 9.59 Å². The highest BCUT2D eigenvalue weighted by atomic mass is 16.5. The second kappa shape index (κ2) is 11.2. The number of unbranched alkanes of at least 4 members (excludes halogenated alkanes) is 4. The first-order valence-corrected chi connectivity index (χ1v) is 12.1. The summed E-state index contributed by atoms with van der Waals surface area (Å²) in [6, 6.07) is 2.38. The molecule has 0 aromatic heterocycles. The fourth-order valence-corrected chi connectivity index (χ4v) is 4.62. The summed E-state index contributed by atoms with van der Waals surface area (Å²) in [6.45, 7) is 11.0. The molecule has 0 saturated heterocycles. The molecular weight excluding hydrogens is 388 g/mol. The predicted octanol–water partition coefficient (Wildman–Crippen LogP) is 6.63. The third kappa shape index (κ3) is 7.36. The second-order valence-corrected chi connectivity index (χ2v) is 10.3. The first-order chi connectivity index (χ1) is 14.6. The minimum atomic E-state index is -0.699. The monoisotopic (exact) mass is 430 g/mol. The summed E-state index contributed by atoms with van der Waals surface area (Å²) in [5.41, 5.74) is 6.46. The number of carbonyl (C=O) groups excluding carboxylic acids is 1. The molecule has 1 aromatic carbocycles. The Labute approximate surface area is 188 Å². The van der Waals surface area contributed by atoms with Gasteiger partial charge in [0.15, 0.2) is 0 Å². The van der Waals surface area contributed by atoms with E-state index in [-0.39, 0.29) is 5.60 Å². The number of aliphatic carboxylic acids is 1. The maximum Gasteiger partial charge on any atom is 0.309 e. The van der Waals surface area contributed by atoms with Crippen LogP contribution >= 0.6 is 0 Å². The molecule has 1 fully saturated rings. The molecule has 1 saturated carbocycles. The fraction of sp³-hybridized carbons (Fsp3) is 0.704. The third-order valence-electron chi connectivity index (χ3n) is 7.36. The van der Waals surface area contributed by atoms with Crippen LogP contribution in [0.5, 0.6) is 0 Å². The van der Waals surface area contributed by atoms with Gasteiger partial charge >= 0.3 is 5.97 Å². The van der Waals surface area contributed by atoms with Gasteiger partial charge in [-0.2, -0.15) is 0 Å². The molecule has 1 aliphatic carbocycles. The van der Waals surface area contributed by atoms with Crippen LogP contribution in [0.15, 0.2) is 6.07 Å². The summed E-state index contributed by atoms with van der Waals surface area (Å²) in [4.78, 5) is 21.8.